The molecule has 0 spiro atoms. The van der Waals surface area contributed by atoms with E-state index >= 15 is 0 Å². The van der Waals surface area contributed by atoms with E-state index in [-0.39, 0.29) is 6.61 Å². The summed E-state index contributed by atoms with van der Waals surface area (Å²) in [5.74, 6) is 0. The summed E-state index contributed by atoms with van der Waals surface area (Å²) in [6.45, 7) is 7.76. The maximum absolute atomic E-state index is 9.64. The van der Waals surface area contributed by atoms with Gasteiger partial charge in [0.2, 0.25) is 0 Å². The Labute approximate surface area is 69.0 Å². The molecule has 66 valence electrons. The lowest BCUT2D eigenvalue weighted by atomic mass is 10.4. The van der Waals surface area contributed by atoms with Gasteiger partial charge in [-0.1, -0.05) is 32.8 Å². The van der Waals surface area contributed by atoms with Gasteiger partial charge in [0, 0.05) is 4.57 Å². The molecule has 11 heavy (non-hydrogen) atoms. The summed E-state index contributed by atoms with van der Waals surface area (Å²) in [5.41, 5.74) is 0. The maximum Gasteiger partial charge on any atom is 0.695 e. The van der Waals surface area contributed by atoms with Crippen LogP contribution in [-0.2, 0) is 9.09 Å². The summed E-state index contributed by atoms with van der Waals surface area (Å²) in [4.78, 5) is 7.92. The number of hydrogen-bond donors (Lipinski definition) is 1. The number of hydrogen-bond acceptors (Lipinski definition) is 2. The monoisotopic (exact) mass is 179 g/mol. The average Bonchev–Trinajstić information content (AvgIpc) is 2.01. The van der Waals surface area contributed by atoms with Gasteiger partial charge in [-0.3, -0.25) is 0 Å². The third-order valence-corrected chi connectivity index (χ3v) is 1.17. The van der Waals surface area contributed by atoms with Crippen LogP contribution in [0.15, 0.2) is 12.7 Å². The Kier molecular flexibility index (Phi) is 15.1. The second kappa shape index (κ2) is 12.4. The Balaban J connectivity index is 0. The fourth-order valence-corrected chi connectivity index (χ4v) is 0.349. The molecular formula is C7H16O3P+. The Hall–Kier alpha value is -0.240. The quantitative estimate of drug-likeness (QED) is 0.533. The zero-order valence-electron chi connectivity index (χ0n) is 7.12. The maximum atomic E-state index is 9.64. The Bertz CT molecular complexity index is 102. The van der Waals surface area contributed by atoms with Crippen LogP contribution in [0.25, 0.3) is 0 Å². The largest absolute Gasteiger partial charge is 0.695 e. The lowest BCUT2D eigenvalue weighted by Gasteiger charge is -1.71. The Morgan fingerprint density at radius 2 is 2.00 bits per heavy atom. The molecule has 0 fully saturated rings. The molecule has 0 saturated carbocycles. The molecule has 0 amide bonds. The van der Waals surface area contributed by atoms with Crippen molar-refractivity contribution < 1.29 is 14.0 Å². The first-order valence-corrected chi connectivity index (χ1v) is 4.71. The fraction of sp³-hybridized carbons (Fsp3) is 0.714. The van der Waals surface area contributed by atoms with Gasteiger partial charge in [-0.2, -0.15) is 0 Å². The molecule has 0 aliphatic carbocycles. The highest BCUT2D eigenvalue weighted by Gasteiger charge is 2.07. The van der Waals surface area contributed by atoms with Gasteiger partial charge in [0.1, 0.15) is 6.61 Å². The minimum atomic E-state index is -2.43. The minimum absolute atomic E-state index is 0.131. The summed E-state index contributed by atoms with van der Waals surface area (Å²) in [6, 6.07) is 0. The van der Waals surface area contributed by atoms with Crippen LogP contribution in [0.2, 0.25) is 0 Å². The van der Waals surface area contributed by atoms with E-state index in [0.717, 1.165) is 0 Å². The molecule has 0 aliphatic rings. The van der Waals surface area contributed by atoms with Gasteiger partial charge in [0.05, 0.1) is 0 Å². The van der Waals surface area contributed by atoms with Crippen LogP contribution in [0.1, 0.15) is 26.7 Å². The van der Waals surface area contributed by atoms with Crippen LogP contribution >= 0.6 is 8.25 Å². The van der Waals surface area contributed by atoms with E-state index in [0.29, 0.717) is 0 Å². The smallest absolute Gasteiger partial charge is 0.133 e. The molecule has 0 aromatic carbocycles. The zero-order valence-corrected chi connectivity index (χ0v) is 8.01. The second-order valence-corrected chi connectivity index (χ2v) is 2.56. The highest BCUT2D eigenvalue weighted by atomic mass is 31.1. The second-order valence-electron chi connectivity index (χ2n) is 1.82. The van der Waals surface area contributed by atoms with Crippen molar-refractivity contribution in [3.63, 3.8) is 0 Å². The van der Waals surface area contributed by atoms with Crippen LogP contribution in [-0.4, -0.2) is 11.5 Å². The van der Waals surface area contributed by atoms with Crippen LogP contribution in [0.5, 0.6) is 0 Å². The first-order valence-electron chi connectivity index (χ1n) is 3.58. The van der Waals surface area contributed by atoms with Crippen molar-refractivity contribution >= 4 is 8.25 Å². The van der Waals surface area contributed by atoms with Crippen LogP contribution in [0.4, 0.5) is 0 Å². The molecule has 1 unspecified atom stereocenters. The molecule has 0 radical (unpaired) electrons. The average molecular weight is 179 g/mol. The van der Waals surface area contributed by atoms with Crippen LogP contribution in [0, 0.1) is 0 Å². The number of unbranched alkanes of at least 4 members (excludes halogenated alkanes) is 1. The third kappa shape index (κ3) is 25.9. The van der Waals surface area contributed by atoms with Crippen molar-refractivity contribution in [2.75, 3.05) is 6.61 Å². The molecule has 4 heteroatoms. The lowest BCUT2D eigenvalue weighted by molar-refractivity contribution is 0.312. The summed E-state index contributed by atoms with van der Waals surface area (Å²) in [7, 11) is -2.43. The molecule has 0 saturated heterocycles. The molecule has 1 N–H and O–H groups in total. The molecule has 3 nitrogen and oxygen atoms in total. The summed E-state index contributed by atoms with van der Waals surface area (Å²) < 4.78 is 13.8. The standard InChI is InChI=1S/C4H10.C3H5O3P/c1-3-4-2;1-2-3-6-7(4)5/h3-4H2,1-2H3;2H,1,3H2/p+1. The van der Waals surface area contributed by atoms with Crippen LogP contribution < -0.4 is 0 Å². The first-order chi connectivity index (χ1) is 5.18. The SMILES string of the molecule is C=CCO[P+](=O)O.CCCC. The predicted octanol–water partition coefficient (Wildman–Crippen LogP) is 2.65. The van der Waals surface area contributed by atoms with E-state index in [9.17, 15) is 4.57 Å². The molecule has 1 atom stereocenters. The van der Waals surface area contributed by atoms with E-state index in [1.54, 1.807) is 0 Å². The van der Waals surface area contributed by atoms with Gasteiger partial charge in [-0.15, -0.1) is 16.0 Å². The van der Waals surface area contributed by atoms with E-state index in [4.69, 9.17) is 4.89 Å². The summed E-state index contributed by atoms with van der Waals surface area (Å²) >= 11 is 0. The normalized spacial score (nSPS) is 9.55. The van der Waals surface area contributed by atoms with E-state index in [2.05, 4.69) is 25.0 Å². The first kappa shape index (κ1) is 13.4. The Morgan fingerprint density at radius 3 is 2.09 bits per heavy atom. The molecule has 0 heterocycles. The minimum Gasteiger partial charge on any atom is -0.133 e. The van der Waals surface area contributed by atoms with Crippen molar-refractivity contribution in [2.45, 2.75) is 26.7 Å². The summed E-state index contributed by atoms with van der Waals surface area (Å²) in [6.07, 6.45) is 4.05. The van der Waals surface area contributed by atoms with E-state index in [1.165, 1.54) is 18.9 Å². The lowest BCUT2D eigenvalue weighted by Crippen LogP contribution is -1.75. The Morgan fingerprint density at radius 1 is 1.55 bits per heavy atom. The van der Waals surface area contributed by atoms with Gasteiger partial charge < -0.3 is 0 Å². The van der Waals surface area contributed by atoms with Crippen molar-refractivity contribution in [1.29, 1.82) is 0 Å². The topological polar surface area (TPSA) is 46.5 Å². The number of rotatable bonds is 4. The van der Waals surface area contributed by atoms with E-state index < -0.39 is 8.25 Å². The molecule has 0 rings (SSSR count). The van der Waals surface area contributed by atoms with E-state index in [1.807, 2.05) is 0 Å². The van der Waals surface area contributed by atoms with Crippen molar-refractivity contribution in [2.24, 2.45) is 0 Å². The van der Waals surface area contributed by atoms with Crippen molar-refractivity contribution in [3.8, 4) is 0 Å². The van der Waals surface area contributed by atoms with Crippen LogP contribution in [0.3, 0.4) is 0 Å². The van der Waals surface area contributed by atoms with Crippen molar-refractivity contribution in [1.82, 2.24) is 0 Å². The molecular weight excluding hydrogens is 163 g/mol. The van der Waals surface area contributed by atoms with Gasteiger partial charge in [-0.05, 0) is 0 Å². The highest BCUT2D eigenvalue weighted by Crippen LogP contribution is 2.12. The predicted molar refractivity (Wildman–Crippen MR) is 46.6 cm³/mol. The van der Waals surface area contributed by atoms with Gasteiger partial charge in [0.25, 0.3) is 0 Å². The zero-order chi connectivity index (χ0) is 9.11. The molecule has 0 aromatic rings. The highest BCUT2D eigenvalue weighted by molar-refractivity contribution is 7.32. The van der Waals surface area contributed by atoms with Gasteiger partial charge >= 0.3 is 8.25 Å². The van der Waals surface area contributed by atoms with Crippen molar-refractivity contribution in [3.05, 3.63) is 12.7 Å². The molecule has 0 bridgehead atoms. The van der Waals surface area contributed by atoms with Gasteiger partial charge in [0.15, 0.2) is 0 Å². The van der Waals surface area contributed by atoms with Gasteiger partial charge in [-0.25, -0.2) is 0 Å². The third-order valence-electron chi connectivity index (χ3n) is 0.803. The summed E-state index contributed by atoms with van der Waals surface area (Å²) in [5, 5.41) is 0. The fourth-order valence-electron chi connectivity index (χ4n) is 0.116. The molecule has 0 aliphatic heterocycles. The molecule has 0 aromatic heterocycles.